The highest BCUT2D eigenvalue weighted by Crippen LogP contribution is 2.17. The number of hydrogen-bond donors (Lipinski definition) is 2. The summed E-state index contributed by atoms with van der Waals surface area (Å²) in [6.45, 7) is 4.38. The third-order valence-corrected chi connectivity index (χ3v) is 3.85. The summed E-state index contributed by atoms with van der Waals surface area (Å²) in [5.74, 6) is 0.951. The van der Waals surface area contributed by atoms with Gasteiger partial charge in [-0.3, -0.25) is 4.72 Å². The van der Waals surface area contributed by atoms with Crippen molar-refractivity contribution in [3.8, 4) is 0 Å². The van der Waals surface area contributed by atoms with Crippen LogP contribution in [0.3, 0.4) is 0 Å². The van der Waals surface area contributed by atoms with Gasteiger partial charge in [-0.05, 0) is 25.1 Å². The normalized spacial score (nSPS) is 11.2. The number of sulfonamides is 1. The summed E-state index contributed by atoms with van der Waals surface area (Å²) in [6, 6.07) is 6.09. The van der Waals surface area contributed by atoms with Crippen LogP contribution in [0.5, 0.6) is 0 Å². The van der Waals surface area contributed by atoms with Crippen molar-refractivity contribution in [3.05, 3.63) is 36.0 Å². The van der Waals surface area contributed by atoms with E-state index in [-0.39, 0.29) is 12.6 Å². The number of aromatic nitrogens is 2. The predicted molar refractivity (Wildman–Crippen MR) is 93.7 cm³/mol. The maximum absolute atomic E-state index is 12.4. The van der Waals surface area contributed by atoms with E-state index in [0.29, 0.717) is 36.1 Å². The quantitative estimate of drug-likeness (QED) is 0.773. The Bertz CT molecular complexity index is 834. The van der Waals surface area contributed by atoms with Crippen LogP contribution >= 0.6 is 0 Å². The van der Waals surface area contributed by atoms with Gasteiger partial charge in [0.2, 0.25) is 15.9 Å². The average molecular weight is 367 g/mol. The van der Waals surface area contributed by atoms with Crippen LogP contribution in [0.1, 0.15) is 25.6 Å². The summed E-state index contributed by atoms with van der Waals surface area (Å²) in [5, 5.41) is 6.52. The zero-order chi connectivity index (χ0) is 18.4. The van der Waals surface area contributed by atoms with Crippen molar-refractivity contribution >= 4 is 27.4 Å². The molecule has 1 heterocycles. The molecule has 1 aromatic carbocycles. The molecule has 2 N–H and O–H groups in total. The van der Waals surface area contributed by atoms with Gasteiger partial charge < -0.3 is 14.7 Å². The third kappa shape index (κ3) is 5.75. The Morgan fingerprint density at radius 3 is 2.60 bits per heavy atom. The topological polar surface area (TPSA) is 117 Å². The highest BCUT2D eigenvalue weighted by molar-refractivity contribution is 7.92. The van der Waals surface area contributed by atoms with Gasteiger partial charge >= 0.3 is 6.03 Å². The molecular weight excluding hydrogens is 346 g/mol. The summed E-state index contributed by atoms with van der Waals surface area (Å²) in [5.41, 5.74) is 0.838. The van der Waals surface area contributed by atoms with E-state index >= 15 is 0 Å². The Morgan fingerprint density at radius 1 is 1.28 bits per heavy atom. The van der Waals surface area contributed by atoms with Gasteiger partial charge in [-0.25, -0.2) is 13.2 Å². The molecule has 0 bridgehead atoms. The Hall–Kier alpha value is -2.62. The zero-order valence-electron chi connectivity index (χ0n) is 14.3. The van der Waals surface area contributed by atoms with Gasteiger partial charge in [0.1, 0.15) is 6.54 Å². The SMILES string of the molecule is CCc1noc(CN(CC)C(=O)Nc2cccc(NS(C)(=O)=O)c2)n1. The van der Waals surface area contributed by atoms with Crippen LogP contribution in [0.2, 0.25) is 0 Å². The Morgan fingerprint density at radius 2 is 2.00 bits per heavy atom. The van der Waals surface area contributed by atoms with E-state index in [4.69, 9.17) is 4.52 Å². The molecule has 0 aliphatic heterocycles. The lowest BCUT2D eigenvalue weighted by Gasteiger charge is -2.19. The number of benzene rings is 1. The van der Waals surface area contributed by atoms with Crippen molar-refractivity contribution in [2.24, 2.45) is 0 Å². The number of aryl methyl sites for hydroxylation is 1. The largest absolute Gasteiger partial charge is 0.337 e. The van der Waals surface area contributed by atoms with Crippen molar-refractivity contribution in [2.45, 2.75) is 26.8 Å². The molecular formula is C15H21N5O4S. The predicted octanol–water partition coefficient (Wildman–Crippen LogP) is 2.06. The molecule has 9 nitrogen and oxygen atoms in total. The lowest BCUT2D eigenvalue weighted by molar-refractivity contribution is 0.203. The lowest BCUT2D eigenvalue weighted by atomic mass is 10.3. The molecule has 0 aliphatic rings. The van der Waals surface area contributed by atoms with Crippen LogP contribution in [0.4, 0.5) is 16.2 Å². The first-order valence-corrected chi connectivity index (χ1v) is 9.65. The molecule has 1 aromatic heterocycles. The maximum Gasteiger partial charge on any atom is 0.322 e. The van der Waals surface area contributed by atoms with Crippen molar-refractivity contribution in [2.75, 3.05) is 22.8 Å². The van der Waals surface area contributed by atoms with E-state index in [2.05, 4.69) is 20.2 Å². The lowest BCUT2D eigenvalue weighted by Crippen LogP contribution is -2.34. The second kappa shape index (κ2) is 7.97. The monoisotopic (exact) mass is 367 g/mol. The summed E-state index contributed by atoms with van der Waals surface area (Å²) in [6.07, 6.45) is 1.72. The summed E-state index contributed by atoms with van der Waals surface area (Å²) in [4.78, 5) is 18.1. The minimum Gasteiger partial charge on any atom is -0.337 e. The number of amides is 2. The average Bonchev–Trinajstić information content (AvgIpc) is 2.99. The second-order valence-corrected chi connectivity index (χ2v) is 7.11. The maximum atomic E-state index is 12.4. The first kappa shape index (κ1) is 18.7. The standard InChI is InChI=1S/C15H21N5O4S/c1-4-13-17-14(24-18-13)10-20(5-2)15(21)16-11-7-6-8-12(9-11)19-25(3,22)23/h6-9,19H,4-5,10H2,1-3H3,(H,16,21). The molecule has 2 amide bonds. The van der Waals surface area contributed by atoms with Gasteiger partial charge in [-0.15, -0.1) is 0 Å². The first-order valence-electron chi connectivity index (χ1n) is 7.76. The van der Waals surface area contributed by atoms with Gasteiger partial charge in [-0.1, -0.05) is 18.1 Å². The van der Waals surface area contributed by atoms with Crippen LogP contribution in [-0.2, 0) is 23.0 Å². The number of nitrogens with one attached hydrogen (secondary N) is 2. The molecule has 0 aliphatic carbocycles. The van der Waals surface area contributed by atoms with Crippen molar-refractivity contribution in [3.63, 3.8) is 0 Å². The number of urea groups is 1. The minimum atomic E-state index is -3.39. The van der Waals surface area contributed by atoms with Gasteiger partial charge in [0.05, 0.1) is 11.9 Å². The second-order valence-electron chi connectivity index (χ2n) is 5.36. The van der Waals surface area contributed by atoms with Crippen molar-refractivity contribution in [1.29, 1.82) is 0 Å². The van der Waals surface area contributed by atoms with Crippen LogP contribution in [-0.4, -0.2) is 42.3 Å². The van der Waals surface area contributed by atoms with Gasteiger partial charge in [0, 0.05) is 18.7 Å². The van der Waals surface area contributed by atoms with Crippen molar-refractivity contribution in [1.82, 2.24) is 15.0 Å². The Kier molecular flexibility index (Phi) is 5.97. The highest BCUT2D eigenvalue weighted by Gasteiger charge is 2.16. The fraction of sp³-hybridized carbons (Fsp3) is 0.400. The molecule has 0 saturated heterocycles. The highest BCUT2D eigenvalue weighted by atomic mass is 32.2. The van der Waals surface area contributed by atoms with E-state index < -0.39 is 10.0 Å². The van der Waals surface area contributed by atoms with Crippen LogP contribution in [0.15, 0.2) is 28.8 Å². The molecule has 2 aromatic rings. The minimum absolute atomic E-state index is 0.191. The fourth-order valence-corrected chi connectivity index (χ4v) is 2.62. The van der Waals surface area contributed by atoms with E-state index in [1.807, 2.05) is 13.8 Å². The van der Waals surface area contributed by atoms with Crippen LogP contribution in [0.25, 0.3) is 0 Å². The van der Waals surface area contributed by atoms with Gasteiger partial charge in [-0.2, -0.15) is 4.98 Å². The molecule has 0 atom stereocenters. The van der Waals surface area contributed by atoms with Gasteiger partial charge in [0.15, 0.2) is 5.82 Å². The van der Waals surface area contributed by atoms with Gasteiger partial charge in [0.25, 0.3) is 0 Å². The molecule has 0 saturated carbocycles. The molecule has 25 heavy (non-hydrogen) atoms. The molecule has 0 unspecified atom stereocenters. The summed E-state index contributed by atoms with van der Waals surface area (Å²) in [7, 11) is -3.39. The fourth-order valence-electron chi connectivity index (χ4n) is 2.07. The van der Waals surface area contributed by atoms with Crippen molar-refractivity contribution < 1.29 is 17.7 Å². The number of carbonyl (C=O) groups excluding carboxylic acids is 1. The van der Waals surface area contributed by atoms with E-state index in [0.717, 1.165) is 6.26 Å². The number of hydrogen-bond acceptors (Lipinski definition) is 6. The Balaban J connectivity index is 2.04. The smallest absolute Gasteiger partial charge is 0.322 e. The number of anilines is 2. The Labute approximate surface area is 146 Å². The third-order valence-electron chi connectivity index (χ3n) is 3.24. The van der Waals surface area contributed by atoms with E-state index in [9.17, 15) is 13.2 Å². The van der Waals surface area contributed by atoms with Crippen LogP contribution < -0.4 is 10.0 Å². The number of rotatable bonds is 7. The van der Waals surface area contributed by atoms with Crippen LogP contribution in [0, 0.1) is 0 Å². The number of nitrogens with zero attached hydrogens (tertiary/aromatic N) is 3. The first-order chi connectivity index (χ1) is 11.8. The molecule has 136 valence electrons. The molecule has 2 rings (SSSR count). The zero-order valence-corrected chi connectivity index (χ0v) is 15.1. The van der Waals surface area contributed by atoms with E-state index in [1.54, 1.807) is 18.2 Å². The summed E-state index contributed by atoms with van der Waals surface area (Å²) < 4.78 is 30.0. The summed E-state index contributed by atoms with van der Waals surface area (Å²) >= 11 is 0. The molecule has 0 fully saturated rings. The van der Waals surface area contributed by atoms with E-state index in [1.165, 1.54) is 11.0 Å². The molecule has 0 radical (unpaired) electrons. The molecule has 10 heteroatoms. The molecule has 0 spiro atoms. The number of carbonyl (C=O) groups is 1.